The molecule has 0 aliphatic rings. The van der Waals surface area contributed by atoms with Crippen LogP contribution in [0, 0.1) is 4.91 Å². The van der Waals surface area contributed by atoms with E-state index >= 15 is 0 Å². The van der Waals surface area contributed by atoms with Crippen LogP contribution in [0.5, 0.6) is 5.75 Å². The molecule has 1 aromatic carbocycles. The van der Waals surface area contributed by atoms with Crippen molar-refractivity contribution in [3.8, 4) is 5.75 Å². The van der Waals surface area contributed by atoms with E-state index in [0.29, 0.717) is 12.0 Å². The topological polar surface area (TPSA) is 71.5 Å². The summed E-state index contributed by atoms with van der Waals surface area (Å²) >= 11 is 0. The summed E-state index contributed by atoms with van der Waals surface area (Å²) in [6, 6.07) is 7.17. The summed E-state index contributed by atoms with van der Waals surface area (Å²) < 4.78 is 5.11. The summed E-state index contributed by atoms with van der Waals surface area (Å²) in [5, 5.41) is 3.64. The lowest BCUT2D eigenvalue weighted by Crippen LogP contribution is -2.13. The lowest BCUT2D eigenvalue weighted by Gasteiger charge is -2.04. The number of fused-ring (bicyclic) bond motifs is 1. The van der Waals surface area contributed by atoms with E-state index in [9.17, 15) is 9.70 Å². The van der Waals surface area contributed by atoms with Crippen LogP contribution < -0.4 is 10.3 Å². The standard InChI is InChI=1S/C12H12N2O3/c1-17-10-2-3-11-9(7-10)6-8(4-5-13-16)12(15)14-11/h2-3,6-7H,4-5H2,1H3,(H,14,15). The number of H-pyrrole nitrogens is 1. The molecule has 0 atom stereocenters. The molecular formula is C12H12N2O3. The third-order valence-corrected chi connectivity index (χ3v) is 2.60. The number of nitrogens with one attached hydrogen (secondary N) is 1. The van der Waals surface area contributed by atoms with Crippen LogP contribution in [0.2, 0.25) is 0 Å². The highest BCUT2D eigenvalue weighted by atomic mass is 16.5. The maximum atomic E-state index is 11.7. The fourth-order valence-electron chi connectivity index (χ4n) is 1.71. The van der Waals surface area contributed by atoms with Crippen LogP contribution in [0.1, 0.15) is 5.56 Å². The number of pyridine rings is 1. The Balaban J connectivity index is 2.52. The van der Waals surface area contributed by atoms with Gasteiger partial charge in [-0.2, -0.15) is 4.91 Å². The van der Waals surface area contributed by atoms with Gasteiger partial charge in [-0.15, -0.1) is 0 Å². The van der Waals surface area contributed by atoms with Crippen LogP contribution in [0.3, 0.4) is 0 Å². The minimum atomic E-state index is -0.175. The Labute approximate surface area is 97.4 Å². The molecule has 0 bridgehead atoms. The van der Waals surface area contributed by atoms with E-state index in [4.69, 9.17) is 4.74 Å². The van der Waals surface area contributed by atoms with Gasteiger partial charge in [0.2, 0.25) is 0 Å². The van der Waals surface area contributed by atoms with Gasteiger partial charge in [0.05, 0.1) is 13.7 Å². The van der Waals surface area contributed by atoms with E-state index < -0.39 is 0 Å². The van der Waals surface area contributed by atoms with Gasteiger partial charge in [0, 0.05) is 22.9 Å². The molecule has 0 aliphatic heterocycles. The average molecular weight is 232 g/mol. The first kappa shape index (κ1) is 11.3. The van der Waals surface area contributed by atoms with Gasteiger partial charge in [-0.3, -0.25) is 4.79 Å². The van der Waals surface area contributed by atoms with Crippen molar-refractivity contribution in [3.05, 3.63) is 45.1 Å². The highest BCUT2D eigenvalue weighted by molar-refractivity contribution is 5.80. The van der Waals surface area contributed by atoms with Crippen molar-refractivity contribution >= 4 is 10.9 Å². The molecule has 0 saturated heterocycles. The van der Waals surface area contributed by atoms with E-state index in [0.717, 1.165) is 16.7 Å². The highest BCUT2D eigenvalue weighted by Gasteiger charge is 2.04. The molecule has 0 spiro atoms. The molecule has 2 aromatic rings. The van der Waals surface area contributed by atoms with Crippen LogP contribution in [-0.4, -0.2) is 18.6 Å². The number of aromatic amines is 1. The minimum Gasteiger partial charge on any atom is -0.497 e. The van der Waals surface area contributed by atoms with Crippen LogP contribution >= 0.6 is 0 Å². The number of hydrogen-bond donors (Lipinski definition) is 1. The van der Waals surface area contributed by atoms with Crippen molar-refractivity contribution in [3.63, 3.8) is 0 Å². The molecular weight excluding hydrogens is 220 g/mol. The number of aromatic nitrogens is 1. The van der Waals surface area contributed by atoms with Gasteiger partial charge in [-0.05, 0) is 24.3 Å². The Morgan fingerprint density at radius 1 is 1.35 bits per heavy atom. The minimum absolute atomic E-state index is 0.110. The smallest absolute Gasteiger partial charge is 0.251 e. The summed E-state index contributed by atoms with van der Waals surface area (Å²) in [6.07, 6.45) is 0.353. The number of methoxy groups -OCH3 is 1. The second-order valence-electron chi connectivity index (χ2n) is 3.68. The molecule has 1 heterocycles. The SMILES string of the molecule is COc1ccc2[nH]c(=O)c(CCN=O)cc2c1. The summed E-state index contributed by atoms with van der Waals surface area (Å²) in [4.78, 5) is 24.5. The van der Waals surface area contributed by atoms with Crippen molar-refractivity contribution in [1.29, 1.82) is 0 Å². The third kappa shape index (κ3) is 2.33. The first-order valence-electron chi connectivity index (χ1n) is 5.23. The second-order valence-corrected chi connectivity index (χ2v) is 3.68. The van der Waals surface area contributed by atoms with E-state index in [1.165, 1.54) is 0 Å². The van der Waals surface area contributed by atoms with Gasteiger partial charge in [0.15, 0.2) is 0 Å². The number of rotatable bonds is 4. The lowest BCUT2D eigenvalue weighted by molar-refractivity contribution is 0.415. The fourth-order valence-corrected chi connectivity index (χ4v) is 1.71. The summed E-state index contributed by atoms with van der Waals surface area (Å²) in [6.45, 7) is 0.110. The zero-order valence-electron chi connectivity index (χ0n) is 9.40. The molecule has 0 saturated carbocycles. The maximum Gasteiger partial charge on any atom is 0.251 e. The molecule has 5 nitrogen and oxygen atoms in total. The van der Waals surface area contributed by atoms with Crippen molar-refractivity contribution in [2.75, 3.05) is 13.7 Å². The molecule has 1 aromatic heterocycles. The van der Waals surface area contributed by atoms with Crippen molar-refractivity contribution in [2.45, 2.75) is 6.42 Å². The van der Waals surface area contributed by atoms with Crippen LogP contribution in [0.25, 0.3) is 10.9 Å². The number of hydrogen-bond acceptors (Lipinski definition) is 4. The zero-order chi connectivity index (χ0) is 12.3. The monoisotopic (exact) mass is 232 g/mol. The van der Waals surface area contributed by atoms with E-state index in [2.05, 4.69) is 10.2 Å². The lowest BCUT2D eigenvalue weighted by atomic mass is 10.1. The Kier molecular flexibility index (Phi) is 3.18. The number of nitrogens with zero attached hydrogens (tertiary/aromatic N) is 1. The van der Waals surface area contributed by atoms with Gasteiger partial charge in [-0.1, -0.05) is 5.18 Å². The first-order valence-corrected chi connectivity index (χ1v) is 5.23. The molecule has 0 amide bonds. The zero-order valence-corrected chi connectivity index (χ0v) is 9.40. The van der Waals surface area contributed by atoms with Gasteiger partial charge in [-0.25, -0.2) is 0 Å². The molecule has 88 valence electrons. The van der Waals surface area contributed by atoms with Gasteiger partial charge >= 0.3 is 0 Å². The molecule has 2 rings (SSSR count). The molecule has 0 unspecified atom stereocenters. The normalized spacial score (nSPS) is 10.4. The van der Waals surface area contributed by atoms with Gasteiger partial charge < -0.3 is 9.72 Å². The van der Waals surface area contributed by atoms with Gasteiger partial charge in [0.1, 0.15) is 5.75 Å². The van der Waals surface area contributed by atoms with Crippen LogP contribution in [0.4, 0.5) is 0 Å². The quantitative estimate of drug-likeness (QED) is 0.817. The van der Waals surface area contributed by atoms with E-state index in [1.54, 1.807) is 25.3 Å². The summed E-state index contributed by atoms with van der Waals surface area (Å²) in [7, 11) is 1.59. The molecule has 17 heavy (non-hydrogen) atoms. The molecule has 5 heteroatoms. The number of ether oxygens (including phenoxy) is 1. The van der Waals surface area contributed by atoms with Gasteiger partial charge in [0.25, 0.3) is 5.56 Å². The Hall–Kier alpha value is -2.17. The van der Waals surface area contributed by atoms with E-state index in [-0.39, 0.29) is 12.1 Å². The molecule has 1 N–H and O–H groups in total. The van der Waals surface area contributed by atoms with Crippen LogP contribution in [-0.2, 0) is 6.42 Å². The molecule has 0 fully saturated rings. The fraction of sp³-hybridized carbons (Fsp3) is 0.250. The molecule has 0 radical (unpaired) electrons. The Morgan fingerprint density at radius 3 is 2.88 bits per heavy atom. The Bertz CT molecular complexity index is 604. The van der Waals surface area contributed by atoms with Crippen molar-refractivity contribution < 1.29 is 4.74 Å². The Morgan fingerprint density at radius 2 is 2.18 bits per heavy atom. The largest absolute Gasteiger partial charge is 0.497 e. The van der Waals surface area contributed by atoms with E-state index in [1.807, 2.05) is 6.07 Å². The number of benzene rings is 1. The molecule has 0 aliphatic carbocycles. The predicted octanol–water partition coefficient (Wildman–Crippen LogP) is 1.85. The van der Waals surface area contributed by atoms with Crippen LogP contribution in [0.15, 0.2) is 34.2 Å². The second kappa shape index (κ2) is 4.78. The predicted molar refractivity (Wildman–Crippen MR) is 65.5 cm³/mol. The average Bonchev–Trinajstić information content (AvgIpc) is 2.35. The third-order valence-electron chi connectivity index (χ3n) is 2.60. The first-order chi connectivity index (χ1) is 8.24. The highest BCUT2D eigenvalue weighted by Crippen LogP contribution is 2.18. The van der Waals surface area contributed by atoms with Crippen molar-refractivity contribution in [2.24, 2.45) is 5.18 Å². The van der Waals surface area contributed by atoms with Crippen molar-refractivity contribution in [1.82, 2.24) is 4.98 Å². The number of nitroso groups, excluding NO2 is 1. The maximum absolute atomic E-state index is 11.7. The summed E-state index contributed by atoms with van der Waals surface area (Å²) in [5.74, 6) is 0.726. The summed E-state index contributed by atoms with van der Waals surface area (Å²) in [5.41, 5.74) is 1.13.